The Labute approximate surface area is 142 Å². The number of pyridine rings is 1. The molecule has 0 fully saturated rings. The quantitative estimate of drug-likeness (QED) is 0.854. The van der Waals surface area contributed by atoms with Gasteiger partial charge >= 0.3 is 0 Å². The lowest BCUT2D eigenvalue weighted by Gasteiger charge is -2.23. The summed E-state index contributed by atoms with van der Waals surface area (Å²) in [5, 5.41) is 0. The van der Waals surface area contributed by atoms with E-state index in [-0.39, 0.29) is 0 Å². The van der Waals surface area contributed by atoms with Crippen LogP contribution < -0.4 is 9.47 Å². The lowest BCUT2D eigenvalue weighted by atomic mass is 9.86. The van der Waals surface area contributed by atoms with Crippen molar-refractivity contribution in [1.29, 1.82) is 0 Å². The molecule has 0 saturated heterocycles. The number of hydrogen-bond donors (Lipinski definition) is 0. The largest absolute Gasteiger partial charge is 0.497 e. The highest BCUT2D eigenvalue weighted by molar-refractivity contribution is 6.15. The zero-order valence-corrected chi connectivity index (χ0v) is 14.3. The first-order valence-electron chi connectivity index (χ1n) is 8.11. The fraction of sp³-hybridized carbons (Fsp3) is 0.300. The van der Waals surface area contributed by atoms with Crippen LogP contribution in [-0.4, -0.2) is 31.5 Å². The summed E-state index contributed by atoms with van der Waals surface area (Å²) in [5.74, 6) is 2.02. The first-order valence-corrected chi connectivity index (χ1v) is 8.11. The van der Waals surface area contributed by atoms with E-state index < -0.39 is 0 Å². The topological polar surface area (TPSA) is 43.7 Å². The molecule has 1 unspecified atom stereocenters. The van der Waals surface area contributed by atoms with Gasteiger partial charge in [-0.1, -0.05) is 6.92 Å². The van der Waals surface area contributed by atoms with Crippen LogP contribution in [0, 0.1) is 5.92 Å². The molecule has 124 valence electrons. The Morgan fingerprint density at radius 3 is 2.75 bits per heavy atom. The highest BCUT2D eigenvalue weighted by atomic mass is 16.5. The molecule has 0 radical (unpaired) electrons. The molecule has 0 N–H and O–H groups in total. The van der Waals surface area contributed by atoms with Crippen molar-refractivity contribution in [1.82, 2.24) is 4.98 Å². The molecule has 1 atom stereocenters. The van der Waals surface area contributed by atoms with E-state index in [1.807, 2.05) is 30.5 Å². The van der Waals surface area contributed by atoms with Gasteiger partial charge in [0.05, 0.1) is 19.9 Å². The number of methoxy groups -OCH3 is 2. The monoisotopic (exact) mass is 322 g/mol. The minimum absolute atomic E-state index is 0.435. The molecule has 1 aliphatic rings. The minimum atomic E-state index is 0.435. The van der Waals surface area contributed by atoms with Gasteiger partial charge in [-0.15, -0.1) is 0 Å². The van der Waals surface area contributed by atoms with Crippen molar-refractivity contribution in [2.75, 3.05) is 20.8 Å². The molecule has 1 aliphatic heterocycles. The Morgan fingerprint density at radius 1 is 1.17 bits per heavy atom. The molecule has 2 heterocycles. The normalized spacial score (nSPS) is 19.0. The van der Waals surface area contributed by atoms with Crippen LogP contribution in [-0.2, 0) is 0 Å². The maximum absolute atomic E-state index is 5.53. The van der Waals surface area contributed by atoms with Gasteiger partial charge in [0.1, 0.15) is 11.5 Å². The van der Waals surface area contributed by atoms with Crippen molar-refractivity contribution in [2.45, 2.75) is 13.3 Å². The van der Waals surface area contributed by atoms with E-state index in [0.717, 1.165) is 41.3 Å². The molecular formula is C20H22N2O2. The first kappa shape index (κ1) is 16.2. The maximum atomic E-state index is 5.53. The lowest BCUT2D eigenvalue weighted by molar-refractivity contribution is 0.393. The number of allylic oxidation sites excluding steroid dienone is 1. The molecule has 3 rings (SSSR count). The van der Waals surface area contributed by atoms with E-state index in [4.69, 9.17) is 14.5 Å². The summed E-state index contributed by atoms with van der Waals surface area (Å²) in [6, 6.07) is 9.88. The van der Waals surface area contributed by atoms with Gasteiger partial charge in [-0.2, -0.15) is 0 Å². The van der Waals surface area contributed by atoms with Crippen molar-refractivity contribution in [3.63, 3.8) is 0 Å². The van der Waals surface area contributed by atoms with Gasteiger partial charge in [-0.05, 0) is 48.3 Å². The van der Waals surface area contributed by atoms with Crippen LogP contribution >= 0.6 is 0 Å². The van der Waals surface area contributed by atoms with E-state index in [9.17, 15) is 0 Å². The van der Waals surface area contributed by atoms with Crippen LogP contribution in [0.1, 0.15) is 24.5 Å². The van der Waals surface area contributed by atoms with Crippen molar-refractivity contribution >= 4 is 11.8 Å². The van der Waals surface area contributed by atoms with E-state index in [2.05, 4.69) is 24.1 Å². The Kier molecular flexibility index (Phi) is 4.94. The maximum Gasteiger partial charge on any atom is 0.129 e. The number of aliphatic imine (C=N–C) groups is 1. The van der Waals surface area contributed by atoms with E-state index in [1.54, 1.807) is 20.4 Å². The molecule has 0 amide bonds. The van der Waals surface area contributed by atoms with Crippen molar-refractivity contribution in [2.24, 2.45) is 10.9 Å². The number of benzene rings is 1. The molecule has 2 aromatic rings. The van der Waals surface area contributed by atoms with Crippen molar-refractivity contribution in [3.05, 3.63) is 59.4 Å². The van der Waals surface area contributed by atoms with Gasteiger partial charge in [0.2, 0.25) is 0 Å². The summed E-state index contributed by atoms with van der Waals surface area (Å²) >= 11 is 0. The second-order valence-corrected chi connectivity index (χ2v) is 5.87. The third kappa shape index (κ3) is 3.32. The molecule has 0 spiro atoms. The number of hydrogen-bond acceptors (Lipinski definition) is 4. The van der Waals surface area contributed by atoms with Crippen LogP contribution in [0.15, 0.2) is 53.3 Å². The third-order valence-corrected chi connectivity index (χ3v) is 4.32. The summed E-state index contributed by atoms with van der Waals surface area (Å²) in [6.07, 6.45) is 6.88. The van der Waals surface area contributed by atoms with Gasteiger partial charge in [-0.25, -0.2) is 0 Å². The Morgan fingerprint density at radius 2 is 2.04 bits per heavy atom. The Bertz CT molecular complexity index is 766. The SMILES string of the molecule is COc1ccc(C=C2C(c3cccnc3)=NCCC2C)c(OC)c1. The predicted molar refractivity (Wildman–Crippen MR) is 96.9 cm³/mol. The summed E-state index contributed by atoms with van der Waals surface area (Å²) in [7, 11) is 3.33. The zero-order valence-electron chi connectivity index (χ0n) is 14.3. The van der Waals surface area contributed by atoms with Crippen molar-refractivity contribution < 1.29 is 9.47 Å². The van der Waals surface area contributed by atoms with Gasteiger partial charge < -0.3 is 9.47 Å². The van der Waals surface area contributed by atoms with Crippen LogP contribution in [0.4, 0.5) is 0 Å². The fourth-order valence-electron chi connectivity index (χ4n) is 2.93. The number of aromatic nitrogens is 1. The second kappa shape index (κ2) is 7.30. The number of nitrogens with zero attached hydrogens (tertiary/aromatic N) is 2. The number of rotatable bonds is 4. The van der Waals surface area contributed by atoms with E-state index >= 15 is 0 Å². The minimum Gasteiger partial charge on any atom is -0.497 e. The van der Waals surface area contributed by atoms with Crippen LogP contribution in [0.2, 0.25) is 0 Å². The molecule has 1 aromatic carbocycles. The summed E-state index contributed by atoms with van der Waals surface area (Å²) in [6.45, 7) is 3.09. The molecular weight excluding hydrogens is 300 g/mol. The highest BCUT2D eigenvalue weighted by Crippen LogP contribution is 2.31. The number of ether oxygens (including phenoxy) is 2. The second-order valence-electron chi connectivity index (χ2n) is 5.87. The average Bonchev–Trinajstić information content (AvgIpc) is 2.64. The molecule has 0 aliphatic carbocycles. The highest BCUT2D eigenvalue weighted by Gasteiger charge is 2.21. The van der Waals surface area contributed by atoms with Crippen molar-refractivity contribution in [3.8, 4) is 11.5 Å². The third-order valence-electron chi connectivity index (χ3n) is 4.32. The van der Waals surface area contributed by atoms with Crippen LogP contribution in [0.25, 0.3) is 6.08 Å². The predicted octanol–water partition coefficient (Wildman–Crippen LogP) is 4.01. The summed E-state index contributed by atoms with van der Waals surface area (Å²) < 4.78 is 10.8. The summed E-state index contributed by atoms with van der Waals surface area (Å²) in [5.41, 5.74) is 4.33. The molecule has 1 aromatic heterocycles. The Hall–Kier alpha value is -2.62. The van der Waals surface area contributed by atoms with E-state index in [1.165, 1.54) is 5.57 Å². The Balaban J connectivity index is 2.06. The first-order chi connectivity index (χ1) is 11.7. The molecule has 4 heteroatoms. The van der Waals surface area contributed by atoms with Crippen LogP contribution in [0.5, 0.6) is 11.5 Å². The molecule has 0 saturated carbocycles. The van der Waals surface area contributed by atoms with Gasteiger partial charge in [-0.3, -0.25) is 9.98 Å². The van der Waals surface area contributed by atoms with E-state index in [0.29, 0.717) is 5.92 Å². The summed E-state index contributed by atoms with van der Waals surface area (Å²) in [4.78, 5) is 8.99. The lowest BCUT2D eigenvalue weighted by Crippen LogP contribution is -2.19. The van der Waals surface area contributed by atoms with Gasteiger partial charge in [0, 0.05) is 36.1 Å². The fourth-order valence-corrected chi connectivity index (χ4v) is 2.93. The standard InChI is InChI=1S/C20H22N2O2/c1-14-8-10-22-20(16-5-4-9-21-13-16)18(14)11-15-6-7-17(23-2)12-19(15)24-3/h4-7,9,11-14H,8,10H2,1-3H3. The van der Waals surface area contributed by atoms with Crippen LogP contribution in [0.3, 0.4) is 0 Å². The molecule has 0 bridgehead atoms. The smallest absolute Gasteiger partial charge is 0.129 e. The van der Waals surface area contributed by atoms with Gasteiger partial charge in [0.15, 0.2) is 0 Å². The van der Waals surface area contributed by atoms with Gasteiger partial charge in [0.25, 0.3) is 0 Å². The average molecular weight is 322 g/mol. The molecule has 4 nitrogen and oxygen atoms in total. The zero-order chi connectivity index (χ0) is 16.9. The molecule has 24 heavy (non-hydrogen) atoms.